The van der Waals surface area contributed by atoms with Crippen LogP contribution in [0.25, 0.3) is 0 Å². The van der Waals surface area contributed by atoms with Gasteiger partial charge >= 0.3 is 0 Å². The summed E-state index contributed by atoms with van der Waals surface area (Å²) in [6.45, 7) is 7.32. The summed E-state index contributed by atoms with van der Waals surface area (Å²) in [6.07, 6.45) is 8.63. The second-order valence-electron chi connectivity index (χ2n) is 8.17. The van der Waals surface area contributed by atoms with Gasteiger partial charge in [-0.05, 0) is 55.8 Å². The highest BCUT2D eigenvalue weighted by molar-refractivity contribution is 4.95. The van der Waals surface area contributed by atoms with Gasteiger partial charge in [0.05, 0.1) is 12.2 Å². The van der Waals surface area contributed by atoms with Crippen molar-refractivity contribution in [2.75, 3.05) is 19.8 Å². The topological polar surface area (TPSA) is 44.5 Å². The molecule has 3 fully saturated rings. The van der Waals surface area contributed by atoms with Crippen LogP contribution in [-0.2, 0) is 9.47 Å². The number of ether oxygens (including phenoxy) is 2. The molecule has 1 spiro atoms. The average Bonchev–Trinajstić information content (AvgIpc) is 2.86. The van der Waals surface area contributed by atoms with E-state index < -0.39 is 0 Å². The minimum atomic E-state index is 0.00841. The second-order valence-corrected chi connectivity index (χ2v) is 8.17. The molecule has 116 valence electrons. The largest absolute Gasteiger partial charge is 0.378 e. The lowest BCUT2D eigenvalue weighted by Gasteiger charge is -2.44. The molecule has 3 rings (SSSR count). The molecule has 0 aromatic rings. The molecule has 1 saturated carbocycles. The van der Waals surface area contributed by atoms with Crippen molar-refractivity contribution >= 4 is 0 Å². The Morgan fingerprint density at radius 2 is 1.75 bits per heavy atom. The van der Waals surface area contributed by atoms with Gasteiger partial charge in [-0.25, -0.2) is 0 Å². The summed E-state index contributed by atoms with van der Waals surface area (Å²) >= 11 is 0. The minimum Gasteiger partial charge on any atom is -0.378 e. The molecular weight excluding hydrogens is 250 g/mol. The van der Waals surface area contributed by atoms with E-state index in [1.54, 1.807) is 0 Å². The molecule has 0 aromatic carbocycles. The summed E-state index contributed by atoms with van der Waals surface area (Å²) in [4.78, 5) is 0. The van der Waals surface area contributed by atoms with Crippen LogP contribution < -0.4 is 5.73 Å². The fourth-order valence-electron chi connectivity index (χ4n) is 4.45. The lowest BCUT2D eigenvalue weighted by Crippen LogP contribution is -2.49. The van der Waals surface area contributed by atoms with Crippen LogP contribution in [-0.4, -0.2) is 31.5 Å². The van der Waals surface area contributed by atoms with Crippen molar-refractivity contribution in [3.8, 4) is 0 Å². The van der Waals surface area contributed by atoms with Crippen LogP contribution in [0.15, 0.2) is 0 Å². The molecule has 3 nitrogen and oxygen atoms in total. The van der Waals surface area contributed by atoms with Gasteiger partial charge in [0.25, 0.3) is 0 Å². The second kappa shape index (κ2) is 5.58. The Hall–Kier alpha value is -0.120. The summed E-state index contributed by atoms with van der Waals surface area (Å²) in [7, 11) is 0. The molecule has 0 amide bonds. The number of rotatable bonds is 2. The average molecular weight is 281 g/mol. The molecular formula is C17H31NO2. The maximum absolute atomic E-state index is 6.67. The third-order valence-corrected chi connectivity index (χ3v) is 6.07. The maximum atomic E-state index is 6.67. The molecule has 0 bridgehead atoms. The Morgan fingerprint density at radius 3 is 2.40 bits per heavy atom. The van der Waals surface area contributed by atoms with E-state index in [-0.39, 0.29) is 5.60 Å². The van der Waals surface area contributed by atoms with E-state index >= 15 is 0 Å². The fraction of sp³-hybridized carbons (Fsp3) is 1.00. The first-order valence-electron chi connectivity index (χ1n) is 8.47. The smallest absolute Gasteiger partial charge is 0.0939 e. The summed E-state index contributed by atoms with van der Waals surface area (Å²) in [5.74, 6) is 1.36. The van der Waals surface area contributed by atoms with Crippen LogP contribution in [0.4, 0.5) is 0 Å². The van der Waals surface area contributed by atoms with E-state index in [4.69, 9.17) is 15.2 Å². The van der Waals surface area contributed by atoms with Gasteiger partial charge in [0.2, 0.25) is 0 Å². The highest BCUT2D eigenvalue weighted by Gasteiger charge is 2.44. The van der Waals surface area contributed by atoms with Crippen LogP contribution in [0.3, 0.4) is 0 Å². The number of hydrogen-bond donors (Lipinski definition) is 1. The highest BCUT2D eigenvalue weighted by atomic mass is 16.6. The zero-order chi connectivity index (χ0) is 14.2. The van der Waals surface area contributed by atoms with Crippen LogP contribution in [0.2, 0.25) is 0 Å². The summed E-state index contributed by atoms with van der Waals surface area (Å²) in [5, 5.41) is 0. The third kappa shape index (κ3) is 3.05. The summed E-state index contributed by atoms with van der Waals surface area (Å²) in [6, 6.07) is 0.368. The lowest BCUT2D eigenvalue weighted by molar-refractivity contribution is -0.105. The molecule has 0 radical (unpaired) electrons. The van der Waals surface area contributed by atoms with Crippen molar-refractivity contribution in [1.29, 1.82) is 0 Å². The molecule has 1 aliphatic carbocycles. The van der Waals surface area contributed by atoms with Crippen molar-refractivity contribution in [3.05, 3.63) is 0 Å². The molecule has 2 saturated heterocycles. The Morgan fingerprint density at radius 1 is 1.00 bits per heavy atom. The van der Waals surface area contributed by atoms with E-state index in [9.17, 15) is 0 Å². The van der Waals surface area contributed by atoms with Crippen LogP contribution in [0.5, 0.6) is 0 Å². The quantitative estimate of drug-likeness (QED) is 0.846. The molecule has 3 atom stereocenters. The van der Waals surface area contributed by atoms with Crippen molar-refractivity contribution in [2.24, 2.45) is 23.0 Å². The zero-order valence-corrected chi connectivity index (χ0v) is 13.2. The standard InChI is InChI=1S/C17H31NO2/c1-16(2)6-3-13(4-7-16)15(18)14-5-9-20-17(11-14)8-10-19-12-17/h13-15H,3-12,18H2,1-2H3. The van der Waals surface area contributed by atoms with E-state index in [0.717, 1.165) is 45.0 Å². The van der Waals surface area contributed by atoms with E-state index in [0.29, 0.717) is 17.4 Å². The van der Waals surface area contributed by atoms with E-state index in [2.05, 4.69) is 13.8 Å². The predicted molar refractivity (Wildman–Crippen MR) is 80.6 cm³/mol. The molecule has 0 aromatic heterocycles. The molecule has 2 aliphatic heterocycles. The van der Waals surface area contributed by atoms with Crippen molar-refractivity contribution in [1.82, 2.24) is 0 Å². The Kier molecular flexibility index (Phi) is 4.13. The van der Waals surface area contributed by atoms with Gasteiger partial charge in [0, 0.05) is 25.7 Å². The molecule has 20 heavy (non-hydrogen) atoms. The number of nitrogens with two attached hydrogens (primary N) is 1. The first-order valence-corrected chi connectivity index (χ1v) is 8.47. The predicted octanol–water partition coefficient (Wildman–Crippen LogP) is 3.12. The van der Waals surface area contributed by atoms with Crippen LogP contribution in [0.1, 0.15) is 58.8 Å². The van der Waals surface area contributed by atoms with E-state index in [1.807, 2.05) is 0 Å². The van der Waals surface area contributed by atoms with Gasteiger partial charge in [0.1, 0.15) is 0 Å². The van der Waals surface area contributed by atoms with Crippen molar-refractivity contribution in [2.45, 2.75) is 70.4 Å². The monoisotopic (exact) mass is 281 g/mol. The van der Waals surface area contributed by atoms with Gasteiger partial charge in [-0.3, -0.25) is 0 Å². The lowest BCUT2D eigenvalue weighted by atomic mass is 9.67. The molecule has 2 N–H and O–H groups in total. The first kappa shape index (κ1) is 14.8. The normalized spacial score (nSPS) is 40.0. The number of hydrogen-bond acceptors (Lipinski definition) is 3. The fourth-order valence-corrected chi connectivity index (χ4v) is 4.45. The highest BCUT2D eigenvalue weighted by Crippen LogP contribution is 2.43. The minimum absolute atomic E-state index is 0.00841. The first-order chi connectivity index (χ1) is 9.50. The molecule has 3 heteroatoms. The molecule has 2 heterocycles. The zero-order valence-electron chi connectivity index (χ0n) is 13.2. The van der Waals surface area contributed by atoms with Gasteiger partial charge in [-0.1, -0.05) is 13.8 Å². The summed E-state index contributed by atoms with van der Waals surface area (Å²) < 4.78 is 11.6. The molecule has 3 aliphatic rings. The van der Waals surface area contributed by atoms with Crippen LogP contribution >= 0.6 is 0 Å². The van der Waals surface area contributed by atoms with Gasteiger partial charge in [-0.2, -0.15) is 0 Å². The van der Waals surface area contributed by atoms with E-state index in [1.165, 1.54) is 25.7 Å². The van der Waals surface area contributed by atoms with Gasteiger partial charge < -0.3 is 15.2 Å². The van der Waals surface area contributed by atoms with Crippen LogP contribution in [0, 0.1) is 17.3 Å². The molecule has 3 unspecified atom stereocenters. The Bertz CT molecular complexity index is 326. The van der Waals surface area contributed by atoms with Crippen molar-refractivity contribution < 1.29 is 9.47 Å². The van der Waals surface area contributed by atoms with Crippen molar-refractivity contribution in [3.63, 3.8) is 0 Å². The summed E-state index contributed by atoms with van der Waals surface area (Å²) in [5.41, 5.74) is 7.21. The SMILES string of the molecule is CC1(C)CCC(C(N)C2CCOC3(CCOC3)C2)CC1. The third-order valence-electron chi connectivity index (χ3n) is 6.07. The van der Waals surface area contributed by atoms with Gasteiger partial charge in [-0.15, -0.1) is 0 Å². The Labute approximate surface area is 123 Å². The maximum Gasteiger partial charge on any atom is 0.0939 e. The Balaban J connectivity index is 1.58. The van der Waals surface area contributed by atoms with Gasteiger partial charge in [0.15, 0.2) is 0 Å².